The number of carbonyl (C=O) groups is 1. The molecule has 32 heavy (non-hydrogen) atoms. The molecule has 172 valence electrons. The Hall–Kier alpha value is -3.13. The zero-order valence-corrected chi connectivity index (χ0v) is 18.6. The number of hydrogen-bond donors (Lipinski definition) is 2. The van der Waals surface area contributed by atoms with Crippen LogP contribution >= 0.6 is 0 Å². The van der Waals surface area contributed by atoms with E-state index in [0.29, 0.717) is 19.6 Å². The van der Waals surface area contributed by atoms with Gasteiger partial charge in [0.25, 0.3) is 11.5 Å². The van der Waals surface area contributed by atoms with Crippen LogP contribution in [0.1, 0.15) is 51.0 Å². The Morgan fingerprint density at radius 1 is 1.22 bits per heavy atom. The van der Waals surface area contributed by atoms with Gasteiger partial charge in [-0.2, -0.15) is 0 Å². The molecule has 3 N–H and O–H groups in total. The molecular weight excluding hydrogens is 408 g/mol. The largest absolute Gasteiger partial charge is 0.383 e. The SMILES string of the molecule is CCCOCC(=O)N(CCC1=CCCCC1)c1c(N)n(Cc2ccccc2)c(=O)[nH]c1=O. The maximum Gasteiger partial charge on any atom is 0.330 e. The Kier molecular flexibility index (Phi) is 8.44. The number of carbonyl (C=O) groups excluding carboxylic acids is 1. The minimum atomic E-state index is -0.668. The average molecular weight is 441 g/mol. The summed E-state index contributed by atoms with van der Waals surface area (Å²) in [5, 5.41) is 0. The van der Waals surface area contributed by atoms with Crippen LogP contribution in [0.5, 0.6) is 0 Å². The number of rotatable bonds is 10. The zero-order chi connectivity index (χ0) is 22.9. The fourth-order valence-electron chi connectivity index (χ4n) is 3.89. The topological polar surface area (TPSA) is 110 Å². The first-order chi connectivity index (χ1) is 15.5. The molecule has 0 bridgehead atoms. The highest BCUT2D eigenvalue weighted by Crippen LogP contribution is 2.23. The predicted octanol–water partition coefficient (Wildman–Crippen LogP) is 2.82. The van der Waals surface area contributed by atoms with E-state index in [2.05, 4.69) is 11.1 Å². The van der Waals surface area contributed by atoms with Gasteiger partial charge in [-0.25, -0.2) is 4.79 Å². The maximum atomic E-state index is 13.0. The van der Waals surface area contributed by atoms with Gasteiger partial charge in [0.1, 0.15) is 12.4 Å². The number of nitrogens with two attached hydrogens (primary N) is 1. The number of anilines is 2. The van der Waals surface area contributed by atoms with Gasteiger partial charge in [-0.3, -0.25) is 19.1 Å². The van der Waals surface area contributed by atoms with E-state index < -0.39 is 11.2 Å². The molecule has 0 saturated carbocycles. The number of aromatic amines is 1. The van der Waals surface area contributed by atoms with Gasteiger partial charge in [0.15, 0.2) is 5.69 Å². The number of aromatic nitrogens is 2. The minimum Gasteiger partial charge on any atom is -0.383 e. The van der Waals surface area contributed by atoms with E-state index in [4.69, 9.17) is 10.5 Å². The monoisotopic (exact) mass is 440 g/mol. The van der Waals surface area contributed by atoms with E-state index in [1.807, 2.05) is 37.3 Å². The van der Waals surface area contributed by atoms with Crippen molar-refractivity contribution in [1.29, 1.82) is 0 Å². The number of nitrogens with one attached hydrogen (secondary N) is 1. The smallest absolute Gasteiger partial charge is 0.330 e. The molecule has 1 heterocycles. The first kappa shape index (κ1) is 23.5. The molecule has 8 nitrogen and oxygen atoms in total. The summed E-state index contributed by atoms with van der Waals surface area (Å²) in [5.74, 6) is -0.374. The second kappa shape index (κ2) is 11.5. The van der Waals surface area contributed by atoms with Crippen LogP contribution in [0.4, 0.5) is 11.5 Å². The maximum absolute atomic E-state index is 13.0. The number of amides is 1. The van der Waals surface area contributed by atoms with Gasteiger partial charge in [-0.1, -0.05) is 48.9 Å². The quantitative estimate of drug-likeness (QED) is 0.436. The summed E-state index contributed by atoms with van der Waals surface area (Å²) in [6.45, 7) is 2.75. The van der Waals surface area contributed by atoms with E-state index in [-0.39, 0.29) is 30.6 Å². The third-order valence-electron chi connectivity index (χ3n) is 5.58. The molecule has 1 aliphatic carbocycles. The van der Waals surface area contributed by atoms with Crippen molar-refractivity contribution < 1.29 is 9.53 Å². The van der Waals surface area contributed by atoms with Crippen molar-refractivity contribution in [3.05, 3.63) is 68.4 Å². The van der Waals surface area contributed by atoms with Crippen LogP contribution in [0.25, 0.3) is 0 Å². The molecule has 0 saturated heterocycles. The molecule has 1 aliphatic rings. The number of benzene rings is 1. The summed E-state index contributed by atoms with van der Waals surface area (Å²) in [7, 11) is 0. The number of hydrogen-bond acceptors (Lipinski definition) is 5. The fraction of sp³-hybridized carbons (Fsp3) is 0.458. The standard InChI is InChI=1S/C24H32N4O4/c1-2-15-32-17-20(29)27(14-13-18-9-5-3-6-10-18)21-22(25)28(24(31)26-23(21)30)16-19-11-7-4-8-12-19/h4,7-9,11-12H,2-3,5-6,10,13-17,25H2,1H3,(H,26,30,31). The number of nitrogen functional groups attached to an aromatic ring is 1. The molecule has 0 atom stereocenters. The van der Waals surface area contributed by atoms with Crippen LogP contribution in [-0.4, -0.2) is 35.2 Å². The summed E-state index contributed by atoms with van der Waals surface area (Å²) in [5.41, 5.74) is 7.19. The van der Waals surface area contributed by atoms with Gasteiger partial charge >= 0.3 is 5.69 Å². The van der Waals surface area contributed by atoms with E-state index in [1.165, 1.54) is 21.5 Å². The molecule has 1 amide bonds. The molecule has 0 fully saturated rings. The molecule has 1 aromatic carbocycles. The summed E-state index contributed by atoms with van der Waals surface area (Å²) in [6, 6.07) is 9.34. The van der Waals surface area contributed by atoms with E-state index in [0.717, 1.165) is 31.2 Å². The number of H-pyrrole nitrogens is 1. The molecule has 0 aliphatic heterocycles. The van der Waals surface area contributed by atoms with Crippen molar-refractivity contribution in [3.63, 3.8) is 0 Å². The summed E-state index contributed by atoms with van der Waals surface area (Å²) < 4.78 is 6.73. The van der Waals surface area contributed by atoms with E-state index in [1.54, 1.807) is 0 Å². The zero-order valence-electron chi connectivity index (χ0n) is 18.6. The summed E-state index contributed by atoms with van der Waals surface area (Å²) in [4.78, 5) is 42.1. The molecule has 0 unspecified atom stereocenters. The molecule has 1 aromatic heterocycles. The molecule has 8 heteroatoms. The second-order valence-electron chi connectivity index (χ2n) is 8.02. The van der Waals surface area contributed by atoms with Crippen molar-refractivity contribution in [2.24, 2.45) is 0 Å². The normalized spacial score (nSPS) is 13.6. The Morgan fingerprint density at radius 2 is 2.00 bits per heavy atom. The van der Waals surface area contributed by atoms with Gasteiger partial charge in [0, 0.05) is 13.2 Å². The van der Waals surface area contributed by atoms with Gasteiger partial charge in [0.2, 0.25) is 0 Å². The third-order valence-corrected chi connectivity index (χ3v) is 5.58. The highest BCUT2D eigenvalue weighted by Gasteiger charge is 2.24. The highest BCUT2D eigenvalue weighted by molar-refractivity contribution is 5.96. The van der Waals surface area contributed by atoms with Crippen LogP contribution in [-0.2, 0) is 16.1 Å². The van der Waals surface area contributed by atoms with E-state index in [9.17, 15) is 14.4 Å². The average Bonchev–Trinajstić information content (AvgIpc) is 2.80. The lowest BCUT2D eigenvalue weighted by Crippen LogP contribution is -2.43. The summed E-state index contributed by atoms with van der Waals surface area (Å²) >= 11 is 0. The number of nitrogens with zero attached hydrogens (tertiary/aromatic N) is 2. The Bertz CT molecular complexity index is 1060. The highest BCUT2D eigenvalue weighted by atomic mass is 16.5. The van der Waals surface area contributed by atoms with Gasteiger partial charge in [-0.15, -0.1) is 0 Å². The predicted molar refractivity (Wildman–Crippen MR) is 126 cm³/mol. The van der Waals surface area contributed by atoms with Crippen LogP contribution in [0.2, 0.25) is 0 Å². The number of ether oxygens (including phenoxy) is 1. The Labute approximate surface area is 187 Å². The Morgan fingerprint density at radius 3 is 2.69 bits per heavy atom. The van der Waals surface area contributed by atoms with Crippen molar-refractivity contribution >= 4 is 17.4 Å². The lowest BCUT2D eigenvalue weighted by molar-refractivity contribution is -0.123. The molecule has 2 aromatic rings. The van der Waals surface area contributed by atoms with Crippen molar-refractivity contribution in [1.82, 2.24) is 9.55 Å². The first-order valence-electron chi connectivity index (χ1n) is 11.2. The van der Waals surface area contributed by atoms with Crippen LogP contribution in [0, 0.1) is 0 Å². The van der Waals surface area contributed by atoms with Crippen LogP contribution in [0.3, 0.4) is 0 Å². The molecule has 0 spiro atoms. The lowest BCUT2D eigenvalue weighted by Gasteiger charge is -2.25. The second-order valence-corrected chi connectivity index (χ2v) is 8.02. The molecule has 0 radical (unpaired) electrons. The van der Waals surface area contributed by atoms with Crippen molar-refractivity contribution in [2.45, 2.75) is 52.0 Å². The van der Waals surface area contributed by atoms with Gasteiger partial charge < -0.3 is 15.4 Å². The van der Waals surface area contributed by atoms with Crippen LogP contribution in [0.15, 0.2) is 51.6 Å². The van der Waals surface area contributed by atoms with Crippen LogP contribution < -0.4 is 21.9 Å². The third kappa shape index (κ3) is 5.97. The summed E-state index contributed by atoms with van der Waals surface area (Å²) in [6.07, 6.45) is 7.98. The lowest BCUT2D eigenvalue weighted by atomic mass is 9.97. The van der Waals surface area contributed by atoms with E-state index >= 15 is 0 Å². The van der Waals surface area contributed by atoms with Gasteiger partial charge in [0.05, 0.1) is 6.54 Å². The minimum absolute atomic E-state index is 0.00189. The number of allylic oxidation sites excluding steroid dienone is 1. The fourth-order valence-corrected chi connectivity index (χ4v) is 3.89. The molecular formula is C24H32N4O4. The Balaban J connectivity index is 1.95. The molecule has 3 rings (SSSR count). The van der Waals surface area contributed by atoms with Crippen molar-refractivity contribution in [2.75, 3.05) is 30.4 Å². The first-order valence-corrected chi connectivity index (χ1v) is 11.2. The van der Waals surface area contributed by atoms with Gasteiger partial charge in [-0.05, 0) is 44.1 Å². The van der Waals surface area contributed by atoms with Crippen molar-refractivity contribution in [3.8, 4) is 0 Å².